The Morgan fingerprint density at radius 3 is 2.63 bits per heavy atom. The summed E-state index contributed by atoms with van der Waals surface area (Å²) in [5.41, 5.74) is 3.76. The van der Waals surface area contributed by atoms with E-state index in [1.807, 2.05) is 11.8 Å². The number of nitrogens with one attached hydrogen (secondary N) is 2. The Bertz CT molecular complexity index is 764. The van der Waals surface area contributed by atoms with E-state index in [-0.39, 0.29) is 6.03 Å². The van der Waals surface area contributed by atoms with Gasteiger partial charge >= 0.3 is 6.03 Å². The van der Waals surface area contributed by atoms with Crippen LogP contribution in [0.15, 0.2) is 36.5 Å². The molecule has 0 atom stereocenters. The molecular formula is C21H29N5O. The third-order valence-electron chi connectivity index (χ3n) is 6.26. The van der Waals surface area contributed by atoms with Gasteiger partial charge < -0.3 is 10.2 Å². The molecule has 1 aromatic carbocycles. The number of rotatable bonds is 4. The van der Waals surface area contributed by atoms with Gasteiger partial charge in [-0.25, -0.2) is 4.79 Å². The van der Waals surface area contributed by atoms with Gasteiger partial charge in [-0.15, -0.1) is 0 Å². The first kappa shape index (κ1) is 18.0. The third kappa shape index (κ3) is 4.16. The van der Waals surface area contributed by atoms with Crippen molar-refractivity contribution in [2.24, 2.45) is 5.41 Å². The van der Waals surface area contributed by atoms with E-state index in [0.29, 0.717) is 12.0 Å². The highest BCUT2D eigenvalue weighted by Gasteiger charge is 2.41. The number of likely N-dealkylation sites (tertiary alicyclic amines) is 2. The largest absolute Gasteiger partial charge is 0.334 e. The number of amides is 2. The summed E-state index contributed by atoms with van der Waals surface area (Å²) in [6.45, 7) is 7.55. The lowest BCUT2D eigenvalue weighted by molar-refractivity contribution is 0.105. The Kier molecular flexibility index (Phi) is 5.16. The number of carbonyl (C=O) groups excluding carboxylic acids is 1. The van der Waals surface area contributed by atoms with Crippen molar-refractivity contribution in [3.8, 4) is 0 Å². The molecule has 6 nitrogen and oxygen atoms in total. The van der Waals surface area contributed by atoms with E-state index in [1.165, 1.54) is 18.4 Å². The zero-order valence-corrected chi connectivity index (χ0v) is 16.1. The van der Waals surface area contributed by atoms with Crippen molar-refractivity contribution in [2.45, 2.75) is 39.3 Å². The molecule has 27 heavy (non-hydrogen) atoms. The Balaban J connectivity index is 1.25. The first-order valence-corrected chi connectivity index (χ1v) is 9.91. The summed E-state index contributed by atoms with van der Waals surface area (Å²) in [4.78, 5) is 17.1. The van der Waals surface area contributed by atoms with Crippen molar-refractivity contribution < 1.29 is 4.79 Å². The van der Waals surface area contributed by atoms with Crippen LogP contribution >= 0.6 is 0 Å². The van der Waals surface area contributed by atoms with Gasteiger partial charge in [0, 0.05) is 37.4 Å². The molecule has 2 amide bonds. The van der Waals surface area contributed by atoms with E-state index in [4.69, 9.17) is 0 Å². The van der Waals surface area contributed by atoms with Crippen LogP contribution in [0.2, 0.25) is 0 Å². The number of nitrogens with zero attached hydrogens (tertiary/aromatic N) is 3. The molecule has 144 valence electrons. The predicted molar refractivity (Wildman–Crippen MR) is 105 cm³/mol. The van der Waals surface area contributed by atoms with Gasteiger partial charge in [-0.05, 0) is 50.3 Å². The fourth-order valence-corrected chi connectivity index (χ4v) is 4.38. The quantitative estimate of drug-likeness (QED) is 0.873. The number of hydrogen-bond donors (Lipinski definition) is 2. The summed E-state index contributed by atoms with van der Waals surface area (Å²) in [6, 6.07) is 10.7. The van der Waals surface area contributed by atoms with Crippen LogP contribution in [0, 0.1) is 12.3 Å². The second-order valence-corrected chi connectivity index (χ2v) is 8.11. The summed E-state index contributed by atoms with van der Waals surface area (Å²) < 4.78 is 0. The molecule has 0 radical (unpaired) electrons. The minimum atomic E-state index is 0.0548. The molecule has 0 saturated carbocycles. The second-order valence-electron chi connectivity index (χ2n) is 8.11. The molecule has 2 aliphatic heterocycles. The van der Waals surface area contributed by atoms with E-state index in [1.54, 1.807) is 6.20 Å². The van der Waals surface area contributed by atoms with E-state index in [9.17, 15) is 4.79 Å². The SMILES string of the molecule is Cc1[nH]ncc1CNC(=O)N1CCC2(CCN(Cc3ccccc3)CC2)C1. The van der Waals surface area contributed by atoms with Crippen molar-refractivity contribution in [1.82, 2.24) is 25.3 Å². The van der Waals surface area contributed by atoms with Crippen molar-refractivity contribution in [3.05, 3.63) is 53.3 Å². The molecule has 2 saturated heterocycles. The standard InChI is InChI=1S/C21H29N5O/c1-17-19(14-23-24-17)13-22-20(27)26-12-9-21(16-26)7-10-25(11-8-21)15-18-5-3-2-4-6-18/h2-6,14H,7-13,15-16H2,1H3,(H,22,27)(H,23,24). The Labute approximate surface area is 160 Å². The summed E-state index contributed by atoms with van der Waals surface area (Å²) in [7, 11) is 0. The molecule has 1 aromatic heterocycles. The number of piperidine rings is 1. The molecule has 0 aliphatic carbocycles. The maximum atomic E-state index is 12.6. The molecule has 2 N–H and O–H groups in total. The van der Waals surface area contributed by atoms with Gasteiger partial charge in [0.05, 0.1) is 6.20 Å². The van der Waals surface area contributed by atoms with Crippen LogP contribution in [-0.2, 0) is 13.1 Å². The lowest BCUT2D eigenvalue weighted by Gasteiger charge is -2.39. The summed E-state index contributed by atoms with van der Waals surface area (Å²) in [5.74, 6) is 0. The highest BCUT2D eigenvalue weighted by Crippen LogP contribution is 2.40. The van der Waals surface area contributed by atoms with Crippen LogP contribution in [0.5, 0.6) is 0 Å². The van der Waals surface area contributed by atoms with E-state index >= 15 is 0 Å². The summed E-state index contributed by atoms with van der Waals surface area (Å²) >= 11 is 0. The molecule has 2 fully saturated rings. The number of urea groups is 1. The van der Waals surface area contributed by atoms with Crippen LogP contribution in [0.25, 0.3) is 0 Å². The lowest BCUT2D eigenvalue weighted by atomic mass is 9.77. The first-order chi connectivity index (χ1) is 13.1. The number of aromatic amines is 1. The molecule has 2 aliphatic rings. The Morgan fingerprint density at radius 2 is 1.93 bits per heavy atom. The van der Waals surface area contributed by atoms with Gasteiger partial charge in [0.25, 0.3) is 0 Å². The molecule has 0 bridgehead atoms. The minimum Gasteiger partial charge on any atom is -0.334 e. The fourth-order valence-electron chi connectivity index (χ4n) is 4.38. The normalized spacial score (nSPS) is 19.5. The van der Waals surface area contributed by atoms with Gasteiger partial charge in [-0.1, -0.05) is 30.3 Å². The highest BCUT2D eigenvalue weighted by atomic mass is 16.2. The Morgan fingerprint density at radius 1 is 1.19 bits per heavy atom. The zero-order chi connectivity index (χ0) is 18.7. The average molecular weight is 367 g/mol. The molecule has 1 spiro atoms. The molecule has 3 heterocycles. The van der Waals surface area contributed by atoms with E-state index in [2.05, 4.69) is 50.7 Å². The lowest BCUT2D eigenvalue weighted by Crippen LogP contribution is -2.43. The minimum absolute atomic E-state index is 0.0548. The first-order valence-electron chi connectivity index (χ1n) is 9.91. The molecule has 6 heteroatoms. The van der Waals surface area contributed by atoms with Crippen LogP contribution in [0.4, 0.5) is 4.79 Å². The summed E-state index contributed by atoms with van der Waals surface area (Å²) in [5, 5.41) is 9.97. The number of carbonyl (C=O) groups is 1. The highest BCUT2D eigenvalue weighted by molar-refractivity contribution is 5.74. The van der Waals surface area contributed by atoms with Crippen molar-refractivity contribution in [2.75, 3.05) is 26.2 Å². The van der Waals surface area contributed by atoms with Gasteiger partial charge in [-0.2, -0.15) is 5.10 Å². The van der Waals surface area contributed by atoms with Crippen molar-refractivity contribution >= 4 is 6.03 Å². The monoisotopic (exact) mass is 367 g/mol. The molecule has 4 rings (SSSR count). The van der Waals surface area contributed by atoms with Gasteiger partial charge in [0.1, 0.15) is 0 Å². The average Bonchev–Trinajstić information content (AvgIpc) is 3.29. The number of hydrogen-bond acceptors (Lipinski definition) is 3. The fraction of sp³-hybridized carbons (Fsp3) is 0.524. The Hall–Kier alpha value is -2.34. The topological polar surface area (TPSA) is 64.3 Å². The summed E-state index contributed by atoms with van der Waals surface area (Å²) in [6.07, 6.45) is 5.28. The molecule has 2 aromatic rings. The number of benzene rings is 1. The molecule has 0 unspecified atom stereocenters. The maximum absolute atomic E-state index is 12.6. The second kappa shape index (κ2) is 7.72. The number of H-pyrrole nitrogens is 1. The third-order valence-corrected chi connectivity index (χ3v) is 6.26. The predicted octanol–water partition coefficient (Wildman–Crippen LogP) is 2.92. The van der Waals surface area contributed by atoms with Crippen LogP contribution in [0.3, 0.4) is 0 Å². The number of aromatic nitrogens is 2. The maximum Gasteiger partial charge on any atom is 0.317 e. The van der Waals surface area contributed by atoms with Crippen LogP contribution in [0.1, 0.15) is 36.1 Å². The van der Waals surface area contributed by atoms with Crippen LogP contribution < -0.4 is 5.32 Å². The van der Waals surface area contributed by atoms with E-state index < -0.39 is 0 Å². The van der Waals surface area contributed by atoms with Gasteiger partial charge in [0.2, 0.25) is 0 Å². The van der Waals surface area contributed by atoms with Crippen molar-refractivity contribution in [1.29, 1.82) is 0 Å². The van der Waals surface area contributed by atoms with E-state index in [0.717, 1.165) is 50.4 Å². The zero-order valence-electron chi connectivity index (χ0n) is 16.1. The van der Waals surface area contributed by atoms with Gasteiger partial charge in [0.15, 0.2) is 0 Å². The van der Waals surface area contributed by atoms with Crippen molar-refractivity contribution in [3.63, 3.8) is 0 Å². The van der Waals surface area contributed by atoms with Crippen LogP contribution in [-0.4, -0.2) is 52.2 Å². The van der Waals surface area contributed by atoms with Gasteiger partial charge in [-0.3, -0.25) is 10.00 Å². The smallest absolute Gasteiger partial charge is 0.317 e. The molecular weight excluding hydrogens is 338 g/mol. The number of aryl methyl sites for hydroxylation is 1.